The third-order valence-electron chi connectivity index (χ3n) is 4.57. The Bertz CT molecular complexity index is 710. The van der Waals surface area contributed by atoms with Crippen LogP contribution in [0.2, 0.25) is 0 Å². The Morgan fingerprint density at radius 3 is 2.52 bits per heavy atom. The first-order valence-electron chi connectivity index (χ1n) is 8.62. The zero-order valence-corrected chi connectivity index (χ0v) is 15.1. The Labute approximate surface area is 149 Å². The predicted molar refractivity (Wildman–Crippen MR) is 97.6 cm³/mol. The number of morpholine rings is 1. The fraction of sp³-hybridized carbons (Fsp3) is 0.381. The molecule has 0 bridgehead atoms. The number of aryl methyl sites for hydroxylation is 1. The number of nitrogens with zero attached hydrogens (tertiary/aromatic N) is 1. The van der Waals surface area contributed by atoms with Crippen molar-refractivity contribution in [3.8, 4) is 5.75 Å². The van der Waals surface area contributed by atoms with Crippen molar-refractivity contribution in [2.24, 2.45) is 0 Å². The topological polar surface area (TPSA) is 38.8 Å². The molecule has 0 radical (unpaired) electrons. The fourth-order valence-corrected chi connectivity index (χ4v) is 3.01. The Morgan fingerprint density at radius 2 is 1.84 bits per heavy atom. The molecule has 1 heterocycles. The highest BCUT2D eigenvalue weighted by atomic mass is 16.5. The van der Waals surface area contributed by atoms with Crippen molar-refractivity contribution >= 4 is 5.91 Å². The molecule has 0 aliphatic carbocycles. The number of rotatable bonds is 4. The minimum absolute atomic E-state index is 0.0187. The minimum Gasteiger partial charge on any atom is -0.484 e. The van der Waals surface area contributed by atoms with Crippen molar-refractivity contribution in [2.45, 2.75) is 32.4 Å². The maximum atomic E-state index is 12.8. The van der Waals surface area contributed by atoms with E-state index in [2.05, 4.69) is 0 Å². The van der Waals surface area contributed by atoms with Crippen LogP contribution in [0.3, 0.4) is 0 Å². The van der Waals surface area contributed by atoms with Crippen molar-refractivity contribution in [1.29, 1.82) is 0 Å². The van der Waals surface area contributed by atoms with Crippen LogP contribution in [-0.4, -0.2) is 36.1 Å². The van der Waals surface area contributed by atoms with E-state index in [9.17, 15) is 4.79 Å². The summed E-state index contributed by atoms with van der Waals surface area (Å²) in [6, 6.07) is 17.8. The molecule has 1 saturated heterocycles. The molecule has 3 rings (SSSR count). The summed E-state index contributed by atoms with van der Waals surface area (Å²) >= 11 is 0. The molecule has 4 nitrogen and oxygen atoms in total. The van der Waals surface area contributed by atoms with Gasteiger partial charge in [-0.3, -0.25) is 4.79 Å². The third kappa shape index (κ3) is 4.20. The lowest BCUT2D eigenvalue weighted by Crippen LogP contribution is -2.57. The van der Waals surface area contributed by atoms with E-state index in [1.54, 1.807) is 0 Å². The SMILES string of the molecule is Cc1ccc(OCC(=O)N2CC(c3ccccc3)OCC2(C)C)cc1. The van der Waals surface area contributed by atoms with Crippen LogP contribution in [0.5, 0.6) is 5.75 Å². The first-order chi connectivity index (χ1) is 12.0. The van der Waals surface area contributed by atoms with Gasteiger partial charge in [0.25, 0.3) is 5.91 Å². The lowest BCUT2D eigenvalue weighted by molar-refractivity contribution is -0.156. The summed E-state index contributed by atoms with van der Waals surface area (Å²) in [6.45, 7) is 7.15. The lowest BCUT2D eigenvalue weighted by atomic mass is 9.98. The minimum atomic E-state index is -0.348. The van der Waals surface area contributed by atoms with E-state index >= 15 is 0 Å². The average molecular weight is 339 g/mol. The average Bonchev–Trinajstić information content (AvgIpc) is 2.61. The van der Waals surface area contributed by atoms with Gasteiger partial charge in [-0.15, -0.1) is 0 Å². The molecule has 2 aromatic rings. The maximum absolute atomic E-state index is 12.8. The molecule has 1 atom stereocenters. The monoisotopic (exact) mass is 339 g/mol. The molecule has 1 amide bonds. The maximum Gasteiger partial charge on any atom is 0.261 e. The highest BCUT2D eigenvalue weighted by Gasteiger charge is 2.38. The van der Waals surface area contributed by atoms with Crippen molar-refractivity contribution in [3.63, 3.8) is 0 Å². The van der Waals surface area contributed by atoms with Crippen LogP contribution >= 0.6 is 0 Å². The van der Waals surface area contributed by atoms with Crippen LogP contribution in [0.15, 0.2) is 54.6 Å². The number of ether oxygens (including phenoxy) is 2. The van der Waals surface area contributed by atoms with E-state index in [1.807, 2.05) is 80.3 Å². The number of benzene rings is 2. The van der Waals surface area contributed by atoms with Crippen molar-refractivity contribution < 1.29 is 14.3 Å². The summed E-state index contributed by atoms with van der Waals surface area (Å²) in [6.07, 6.45) is -0.0995. The zero-order valence-electron chi connectivity index (χ0n) is 15.1. The summed E-state index contributed by atoms with van der Waals surface area (Å²) in [5.74, 6) is 0.694. The molecule has 1 fully saturated rings. The van der Waals surface area contributed by atoms with Crippen LogP contribution < -0.4 is 4.74 Å². The Hall–Kier alpha value is -2.33. The van der Waals surface area contributed by atoms with Crippen LogP contribution in [0.4, 0.5) is 0 Å². The first kappa shape index (κ1) is 17.5. The van der Waals surface area contributed by atoms with E-state index < -0.39 is 0 Å². The molecular weight excluding hydrogens is 314 g/mol. The Morgan fingerprint density at radius 1 is 1.16 bits per heavy atom. The highest BCUT2D eigenvalue weighted by Crippen LogP contribution is 2.30. The second-order valence-electron chi connectivity index (χ2n) is 7.13. The number of hydrogen-bond acceptors (Lipinski definition) is 3. The highest BCUT2D eigenvalue weighted by molar-refractivity contribution is 5.78. The summed E-state index contributed by atoms with van der Waals surface area (Å²) in [5.41, 5.74) is 1.91. The predicted octanol–water partition coefficient (Wildman–Crippen LogP) is 3.75. The van der Waals surface area contributed by atoms with Crippen molar-refractivity contribution in [1.82, 2.24) is 4.90 Å². The fourth-order valence-electron chi connectivity index (χ4n) is 3.01. The van der Waals surface area contributed by atoms with Gasteiger partial charge in [0.15, 0.2) is 6.61 Å². The number of carbonyl (C=O) groups excluding carboxylic acids is 1. The molecule has 4 heteroatoms. The van der Waals surface area contributed by atoms with Crippen molar-refractivity contribution in [2.75, 3.05) is 19.8 Å². The first-order valence-corrected chi connectivity index (χ1v) is 8.62. The molecule has 1 unspecified atom stereocenters. The van der Waals surface area contributed by atoms with E-state index in [0.717, 1.165) is 5.56 Å². The second-order valence-corrected chi connectivity index (χ2v) is 7.13. The molecule has 0 saturated carbocycles. The molecule has 2 aromatic carbocycles. The third-order valence-corrected chi connectivity index (χ3v) is 4.57. The summed E-state index contributed by atoms with van der Waals surface area (Å²) in [7, 11) is 0. The number of hydrogen-bond donors (Lipinski definition) is 0. The largest absolute Gasteiger partial charge is 0.484 e. The van der Waals surface area contributed by atoms with E-state index in [0.29, 0.717) is 18.9 Å². The molecule has 0 N–H and O–H groups in total. The van der Waals surface area contributed by atoms with Gasteiger partial charge in [-0.05, 0) is 38.5 Å². The van der Waals surface area contributed by atoms with Crippen LogP contribution in [0.1, 0.15) is 31.1 Å². The van der Waals surface area contributed by atoms with E-state index in [1.165, 1.54) is 5.56 Å². The quantitative estimate of drug-likeness (QED) is 0.851. The zero-order chi connectivity index (χ0) is 17.9. The van der Waals surface area contributed by atoms with Crippen molar-refractivity contribution in [3.05, 3.63) is 65.7 Å². The van der Waals surface area contributed by atoms with Gasteiger partial charge < -0.3 is 14.4 Å². The Kier molecular flexibility index (Phi) is 5.09. The Balaban J connectivity index is 1.67. The molecule has 25 heavy (non-hydrogen) atoms. The molecule has 1 aliphatic heterocycles. The van der Waals surface area contributed by atoms with Gasteiger partial charge in [-0.2, -0.15) is 0 Å². The molecular formula is C21H25NO3. The van der Waals surface area contributed by atoms with Gasteiger partial charge in [-0.1, -0.05) is 48.0 Å². The van der Waals surface area contributed by atoms with Gasteiger partial charge in [0.2, 0.25) is 0 Å². The van der Waals surface area contributed by atoms with Crippen LogP contribution in [-0.2, 0) is 9.53 Å². The van der Waals surface area contributed by atoms with Gasteiger partial charge in [-0.25, -0.2) is 0 Å². The summed E-state index contributed by atoms with van der Waals surface area (Å²) < 4.78 is 11.7. The smallest absolute Gasteiger partial charge is 0.261 e. The van der Waals surface area contributed by atoms with Gasteiger partial charge in [0.05, 0.1) is 18.7 Å². The van der Waals surface area contributed by atoms with Gasteiger partial charge in [0.1, 0.15) is 11.9 Å². The van der Waals surface area contributed by atoms with E-state index in [4.69, 9.17) is 9.47 Å². The van der Waals surface area contributed by atoms with Gasteiger partial charge in [0, 0.05) is 0 Å². The number of amides is 1. The normalized spacial score (nSPS) is 19.5. The van der Waals surface area contributed by atoms with E-state index in [-0.39, 0.29) is 24.2 Å². The summed E-state index contributed by atoms with van der Waals surface area (Å²) in [5, 5.41) is 0. The molecule has 1 aliphatic rings. The lowest BCUT2D eigenvalue weighted by Gasteiger charge is -2.45. The number of carbonyl (C=O) groups is 1. The molecule has 132 valence electrons. The van der Waals surface area contributed by atoms with Crippen LogP contribution in [0.25, 0.3) is 0 Å². The van der Waals surface area contributed by atoms with Crippen LogP contribution in [0, 0.1) is 6.92 Å². The summed E-state index contributed by atoms with van der Waals surface area (Å²) in [4.78, 5) is 14.7. The standard InChI is InChI=1S/C21H25NO3/c1-16-9-11-18(12-10-16)24-14-20(23)22-13-19(25-15-21(22,2)3)17-7-5-4-6-8-17/h4-12,19H,13-15H2,1-3H3. The van der Waals surface area contributed by atoms with Gasteiger partial charge >= 0.3 is 0 Å². The molecule has 0 aromatic heterocycles. The second kappa shape index (κ2) is 7.28. The molecule has 0 spiro atoms.